The van der Waals surface area contributed by atoms with E-state index in [1.54, 1.807) is 24.1 Å². The first kappa shape index (κ1) is 23.5. The van der Waals surface area contributed by atoms with Gasteiger partial charge in [0.05, 0.1) is 41.6 Å². The number of rotatable bonds is 9. The number of anilines is 1. The van der Waals surface area contributed by atoms with Crippen LogP contribution >= 0.6 is 0 Å². The van der Waals surface area contributed by atoms with E-state index in [4.69, 9.17) is 16.3 Å². The first-order chi connectivity index (χ1) is 16.9. The lowest BCUT2D eigenvalue weighted by atomic mass is 10.1. The van der Waals surface area contributed by atoms with Crippen LogP contribution in [0.25, 0.3) is 22.6 Å². The highest BCUT2D eigenvalue weighted by molar-refractivity contribution is 5.73. The van der Waals surface area contributed by atoms with Gasteiger partial charge in [0, 0.05) is 18.2 Å². The molecule has 0 amide bonds. The number of pyridine rings is 1. The second kappa shape index (κ2) is 10.5. The fraction of sp³-hybridized carbons (Fsp3) is 0.200. The predicted octanol–water partition coefficient (Wildman–Crippen LogP) is 3.03. The van der Waals surface area contributed by atoms with Crippen LogP contribution < -0.4 is 5.32 Å². The Hall–Kier alpha value is -4.62. The van der Waals surface area contributed by atoms with Crippen molar-refractivity contribution >= 4 is 11.9 Å². The van der Waals surface area contributed by atoms with Crippen LogP contribution in [-0.4, -0.2) is 54.7 Å². The lowest BCUT2D eigenvalue weighted by molar-refractivity contribution is -0.134. The molecule has 3 aromatic heterocycles. The van der Waals surface area contributed by atoms with Gasteiger partial charge in [-0.2, -0.15) is 0 Å². The molecular formula is C25H23N7O3. The Balaban J connectivity index is 1.65. The molecule has 2 N–H and O–H groups in total. The van der Waals surface area contributed by atoms with Crippen molar-refractivity contribution in [2.45, 2.75) is 19.6 Å². The molecule has 0 bridgehead atoms. The summed E-state index contributed by atoms with van der Waals surface area (Å²) >= 11 is 0. The molecule has 3 heterocycles. The molecule has 176 valence electrons. The number of hydrogen-bond acceptors (Lipinski definition) is 8. The van der Waals surface area contributed by atoms with Gasteiger partial charge in [0.1, 0.15) is 12.2 Å². The van der Waals surface area contributed by atoms with E-state index in [-0.39, 0.29) is 18.6 Å². The van der Waals surface area contributed by atoms with Crippen molar-refractivity contribution in [2.75, 3.05) is 19.0 Å². The Morgan fingerprint density at radius 1 is 1.14 bits per heavy atom. The fourth-order valence-electron chi connectivity index (χ4n) is 3.32. The first-order valence-corrected chi connectivity index (χ1v) is 10.8. The number of aromatic nitrogens is 6. The van der Waals surface area contributed by atoms with Crippen LogP contribution in [0.1, 0.15) is 30.0 Å². The van der Waals surface area contributed by atoms with Crippen molar-refractivity contribution in [3.63, 3.8) is 0 Å². The van der Waals surface area contributed by atoms with Gasteiger partial charge in [-0.3, -0.25) is 9.78 Å². The molecule has 0 aliphatic carbocycles. The largest absolute Gasteiger partial charge is 0.480 e. The van der Waals surface area contributed by atoms with Gasteiger partial charge in [0.2, 0.25) is 5.95 Å². The van der Waals surface area contributed by atoms with Crippen LogP contribution in [0.5, 0.6) is 0 Å². The van der Waals surface area contributed by atoms with Crippen molar-refractivity contribution in [3.05, 3.63) is 71.7 Å². The lowest BCUT2D eigenvalue weighted by Crippen LogP contribution is -2.14. The van der Waals surface area contributed by atoms with Crippen LogP contribution in [0, 0.1) is 12.3 Å². The standard InChI is InChI=1S/C25H23N7O3/c1-4-17-7-5-8-18(11-17)21-12-22(29-25(28-21)26-13-24(33)34)23-15-32(31-30-23)14-19-9-6-10-20(27-19)16(2)35-3/h1,5-12,15-16H,13-14H2,2-3H3,(H,33,34)(H,26,28,29). The maximum absolute atomic E-state index is 11.0. The molecule has 0 aliphatic heterocycles. The molecule has 0 spiro atoms. The molecule has 4 rings (SSSR count). The van der Waals surface area contributed by atoms with E-state index in [2.05, 4.69) is 36.5 Å². The van der Waals surface area contributed by atoms with Crippen LogP contribution in [-0.2, 0) is 16.1 Å². The number of terminal acetylenes is 1. The molecule has 1 aromatic carbocycles. The monoisotopic (exact) mass is 469 g/mol. The van der Waals surface area contributed by atoms with Crippen molar-refractivity contribution in [3.8, 4) is 35.0 Å². The van der Waals surface area contributed by atoms with E-state index in [0.29, 0.717) is 29.2 Å². The Morgan fingerprint density at radius 2 is 1.94 bits per heavy atom. The summed E-state index contributed by atoms with van der Waals surface area (Å²) in [4.78, 5) is 24.6. The molecular weight excluding hydrogens is 446 g/mol. The minimum Gasteiger partial charge on any atom is -0.480 e. The topological polar surface area (TPSA) is 128 Å². The number of benzene rings is 1. The molecule has 4 aromatic rings. The van der Waals surface area contributed by atoms with E-state index >= 15 is 0 Å². The minimum atomic E-state index is -1.03. The van der Waals surface area contributed by atoms with Crippen molar-refractivity contribution < 1.29 is 14.6 Å². The molecule has 0 fully saturated rings. The molecule has 0 saturated heterocycles. The van der Waals surface area contributed by atoms with Gasteiger partial charge < -0.3 is 15.2 Å². The van der Waals surface area contributed by atoms with Gasteiger partial charge in [0.25, 0.3) is 0 Å². The molecule has 0 saturated carbocycles. The van der Waals surface area contributed by atoms with E-state index in [9.17, 15) is 4.79 Å². The molecule has 10 heteroatoms. The number of methoxy groups -OCH3 is 1. The summed E-state index contributed by atoms with van der Waals surface area (Å²) < 4.78 is 7.00. The summed E-state index contributed by atoms with van der Waals surface area (Å²) in [5.74, 6) is 1.73. The fourth-order valence-corrected chi connectivity index (χ4v) is 3.32. The minimum absolute atomic E-state index is 0.120. The zero-order valence-electron chi connectivity index (χ0n) is 19.2. The lowest BCUT2D eigenvalue weighted by Gasteiger charge is -2.10. The second-order valence-electron chi connectivity index (χ2n) is 7.67. The van der Waals surface area contributed by atoms with Crippen LogP contribution in [0.4, 0.5) is 5.95 Å². The first-order valence-electron chi connectivity index (χ1n) is 10.8. The third kappa shape index (κ3) is 5.85. The normalized spacial score (nSPS) is 11.6. The maximum atomic E-state index is 11.0. The number of aliphatic carboxylic acids is 1. The van der Waals surface area contributed by atoms with E-state index in [1.807, 2.05) is 49.4 Å². The zero-order chi connectivity index (χ0) is 24.8. The summed E-state index contributed by atoms with van der Waals surface area (Å²) in [6.07, 6.45) is 7.16. The van der Waals surface area contributed by atoms with E-state index in [1.165, 1.54) is 0 Å². The zero-order valence-corrected chi connectivity index (χ0v) is 19.2. The van der Waals surface area contributed by atoms with Gasteiger partial charge in [-0.05, 0) is 37.3 Å². The van der Waals surface area contributed by atoms with E-state index in [0.717, 1.165) is 17.0 Å². The van der Waals surface area contributed by atoms with Gasteiger partial charge in [-0.15, -0.1) is 11.5 Å². The van der Waals surface area contributed by atoms with Gasteiger partial charge in [-0.25, -0.2) is 14.6 Å². The molecule has 1 atom stereocenters. The predicted molar refractivity (Wildman–Crippen MR) is 129 cm³/mol. The average Bonchev–Trinajstić information content (AvgIpc) is 3.35. The van der Waals surface area contributed by atoms with E-state index < -0.39 is 5.97 Å². The maximum Gasteiger partial charge on any atom is 0.322 e. The van der Waals surface area contributed by atoms with Gasteiger partial charge in [-0.1, -0.05) is 29.3 Å². The van der Waals surface area contributed by atoms with Crippen molar-refractivity contribution in [1.29, 1.82) is 0 Å². The SMILES string of the molecule is C#Cc1cccc(-c2cc(-c3cn(Cc4cccc(C(C)OC)n4)nn3)nc(NCC(=O)O)n2)c1. The van der Waals surface area contributed by atoms with Crippen molar-refractivity contribution in [2.24, 2.45) is 0 Å². The van der Waals surface area contributed by atoms with Crippen LogP contribution in [0.15, 0.2) is 54.7 Å². The van der Waals surface area contributed by atoms with Crippen molar-refractivity contribution in [1.82, 2.24) is 29.9 Å². The number of hydrogen-bond donors (Lipinski definition) is 2. The summed E-state index contributed by atoms with van der Waals surface area (Å²) in [5, 5.41) is 20.2. The number of carbonyl (C=O) groups is 1. The summed E-state index contributed by atoms with van der Waals surface area (Å²) in [5.41, 5.74) is 4.65. The molecule has 35 heavy (non-hydrogen) atoms. The van der Waals surface area contributed by atoms with Gasteiger partial charge in [0.15, 0.2) is 0 Å². The third-order valence-electron chi connectivity index (χ3n) is 5.17. The Bertz CT molecular complexity index is 1390. The summed E-state index contributed by atoms with van der Waals surface area (Å²) in [6, 6.07) is 14.8. The average molecular weight is 470 g/mol. The summed E-state index contributed by atoms with van der Waals surface area (Å²) in [6.45, 7) is 2.01. The Kier molecular flexibility index (Phi) is 7.09. The second-order valence-corrected chi connectivity index (χ2v) is 7.67. The number of nitrogens with one attached hydrogen (secondary N) is 1. The summed E-state index contributed by atoms with van der Waals surface area (Å²) in [7, 11) is 1.64. The quantitative estimate of drug-likeness (QED) is 0.355. The molecule has 1 unspecified atom stereocenters. The molecule has 10 nitrogen and oxygen atoms in total. The number of ether oxygens (including phenoxy) is 1. The Labute approximate surface area is 202 Å². The molecule has 0 radical (unpaired) electrons. The highest BCUT2D eigenvalue weighted by Crippen LogP contribution is 2.25. The van der Waals surface area contributed by atoms with Crippen LogP contribution in [0.2, 0.25) is 0 Å². The van der Waals surface area contributed by atoms with Gasteiger partial charge >= 0.3 is 5.97 Å². The molecule has 0 aliphatic rings. The number of carboxylic acids is 1. The number of carboxylic acid groups (broad SMARTS) is 1. The smallest absolute Gasteiger partial charge is 0.322 e. The highest BCUT2D eigenvalue weighted by atomic mass is 16.5. The van der Waals surface area contributed by atoms with Crippen LogP contribution in [0.3, 0.4) is 0 Å². The Morgan fingerprint density at radius 3 is 2.71 bits per heavy atom. The highest BCUT2D eigenvalue weighted by Gasteiger charge is 2.14. The third-order valence-corrected chi connectivity index (χ3v) is 5.17. The number of nitrogens with zero attached hydrogens (tertiary/aromatic N) is 6.